The van der Waals surface area contributed by atoms with Gasteiger partial charge in [0, 0.05) is 13.1 Å². The van der Waals surface area contributed by atoms with Gasteiger partial charge in [0.15, 0.2) is 0 Å². The number of piperidine rings is 1. The highest BCUT2D eigenvalue weighted by atomic mass is 16.6. The van der Waals surface area contributed by atoms with Gasteiger partial charge in [0.05, 0.1) is 12.7 Å². The molecule has 118 valence electrons. The third-order valence-corrected chi connectivity index (χ3v) is 3.34. The number of ether oxygens (including phenoxy) is 2. The summed E-state index contributed by atoms with van der Waals surface area (Å²) in [6.07, 6.45) is 0.873. The van der Waals surface area contributed by atoms with Crippen LogP contribution in [0.5, 0.6) is 0 Å². The summed E-state index contributed by atoms with van der Waals surface area (Å²) < 4.78 is 10.2. The van der Waals surface area contributed by atoms with Crippen LogP contribution in [0.2, 0.25) is 0 Å². The first-order valence-electron chi connectivity index (χ1n) is 7.32. The Kier molecular flexibility index (Phi) is 6.01. The van der Waals surface area contributed by atoms with Crippen LogP contribution >= 0.6 is 0 Å². The molecule has 6 heteroatoms. The number of carbonyl (C=O) groups excluding carboxylic acids is 2. The maximum atomic E-state index is 11.9. The van der Waals surface area contributed by atoms with Crippen molar-refractivity contribution in [2.24, 2.45) is 11.8 Å². The molecule has 0 aromatic heterocycles. The largest absolute Gasteiger partial charge is 0.465 e. The Balaban J connectivity index is 2.53. The van der Waals surface area contributed by atoms with Gasteiger partial charge in [-0.15, -0.1) is 0 Å². The number of nitrogens with zero attached hydrogens (tertiary/aromatic N) is 2. The normalized spacial score (nSPS) is 17.8. The molecule has 1 amide bonds. The van der Waals surface area contributed by atoms with Crippen molar-refractivity contribution >= 4 is 12.1 Å². The smallest absolute Gasteiger partial charge is 0.410 e. The number of hydrogen-bond donors (Lipinski definition) is 0. The lowest BCUT2D eigenvalue weighted by atomic mass is 9.85. The predicted octanol–water partition coefficient (Wildman–Crippen LogP) is 2.34. The monoisotopic (exact) mass is 296 g/mol. The van der Waals surface area contributed by atoms with Crippen molar-refractivity contribution in [3.63, 3.8) is 0 Å². The Morgan fingerprint density at radius 2 is 1.90 bits per heavy atom. The molecule has 0 radical (unpaired) electrons. The van der Waals surface area contributed by atoms with Crippen LogP contribution in [0.15, 0.2) is 0 Å². The highest BCUT2D eigenvalue weighted by molar-refractivity contribution is 5.75. The third kappa shape index (κ3) is 5.25. The van der Waals surface area contributed by atoms with Gasteiger partial charge in [0.1, 0.15) is 11.5 Å². The van der Waals surface area contributed by atoms with E-state index in [2.05, 4.69) is 0 Å². The third-order valence-electron chi connectivity index (χ3n) is 3.34. The van der Waals surface area contributed by atoms with E-state index in [9.17, 15) is 9.59 Å². The molecule has 0 spiro atoms. The summed E-state index contributed by atoms with van der Waals surface area (Å²) in [4.78, 5) is 25.3. The van der Waals surface area contributed by atoms with E-state index in [1.54, 1.807) is 11.8 Å². The summed E-state index contributed by atoms with van der Waals surface area (Å²) in [5.41, 5.74) is -0.520. The molecule has 1 atom stereocenters. The van der Waals surface area contributed by atoms with Crippen molar-refractivity contribution in [1.82, 2.24) is 4.90 Å². The zero-order chi connectivity index (χ0) is 16.0. The van der Waals surface area contributed by atoms with E-state index in [0.29, 0.717) is 25.9 Å². The minimum atomic E-state index is -0.745. The van der Waals surface area contributed by atoms with E-state index in [1.807, 2.05) is 26.8 Å². The Morgan fingerprint density at radius 3 is 2.33 bits per heavy atom. The number of likely N-dealkylation sites (tertiary alicyclic amines) is 1. The minimum absolute atomic E-state index is 0.0623. The molecule has 1 fully saturated rings. The highest BCUT2D eigenvalue weighted by Crippen LogP contribution is 2.26. The highest BCUT2D eigenvalue weighted by Gasteiger charge is 2.34. The van der Waals surface area contributed by atoms with Crippen LogP contribution in [-0.4, -0.2) is 42.3 Å². The maximum absolute atomic E-state index is 11.9. The molecule has 0 aromatic carbocycles. The SMILES string of the molecule is CCOC(=O)C(C#N)C1CCN(C(=O)OC(C)(C)C)CC1. The molecular formula is C15H24N2O4. The fourth-order valence-electron chi connectivity index (χ4n) is 2.32. The zero-order valence-corrected chi connectivity index (χ0v) is 13.2. The first-order chi connectivity index (χ1) is 9.78. The van der Waals surface area contributed by atoms with Gasteiger partial charge in [0.2, 0.25) is 0 Å². The number of rotatable bonds is 3. The van der Waals surface area contributed by atoms with Gasteiger partial charge in [-0.3, -0.25) is 4.79 Å². The summed E-state index contributed by atoms with van der Waals surface area (Å²) in [6, 6.07) is 2.03. The topological polar surface area (TPSA) is 79.6 Å². The van der Waals surface area contributed by atoms with Gasteiger partial charge in [0.25, 0.3) is 0 Å². The molecule has 1 rings (SSSR count). The number of amides is 1. The van der Waals surface area contributed by atoms with Gasteiger partial charge in [-0.25, -0.2) is 4.79 Å². The lowest BCUT2D eigenvalue weighted by Crippen LogP contribution is -2.43. The van der Waals surface area contributed by atoms with Crippen LogP contribution in [-0.2, 0) is 14.3 Å². The fourth-order valence-corrected chi connectivity index (χ4v) is 2.32. The minimum Gasteiger partial charge on any atom is -0.465 e. The van der Waals surface area contributed by atoms with Crippen LogP contribution in [0.25, 0.3) is 0 Å². The first-order valence-corrected chi connectivity index (χ1v) is 7.32. The van der Waals surface area contributed by atoms with Gasteiger partial charge in [-0.2, -0.15) is 5.26 Å². The fraction of sp³-hybridized carbons (Fsp3) is 0.800. The van der Waals surface area contributed by atoms with Crippen molar-refractivity contribution < 1.29 is 19.1 Å². The maximum Gasteiger partial charge on any atom is 0.410 e. The average Bonchev–Trinajstić information content (AvgIpc) is 2.38. The van der Waals surface area contributed by atoms with Gasteiger partial charge < -0.3 is 14.4 Å². The molecule has 6 nitrogen and oxygen atoms in total. The van der Waals surface area contributed by atoms with Crippen LogP contribution in [0.4, 0.5) is 4.79 Å². The number of esters is 1. The average molecular weight is 296 g/mol. The molecule has 0 N–H and O–H groups in total. The molecule has 1 saturated heterocycles. The molecule has 1 aliphatic heterocycles. The van der Waals surface area contributed by atoms with E-state index in [-0.39, 0.29) is 18.6 Å². The Morgan fingerprint density at radius 1 is 1.33 bits per heavy atom. The summed E-state index contributed by atoms with van der Waals surface area (Å²) in [5.74, 6) is -1.27. The first kappa shape index (κ1) is 17.3. The molecule has 1 unspecified atom stereocenters. The molecular weight excluding hydrogens is 272 g/mol. The van der Waals surface area contributed by atoms with Gasteiger partial charge >= 0.3 is 12.1 Å². The zero-order valence-electron chi connectivity index (χ0n) is 13.2. The quantitative estimate of drug-likeness (QED) is 0.747. The lowest BCUT2D eigenvalue weighted by Gasteiger charge is -2.34. The summed E-state index contributed by atoms with van der Waals surface area (Å²) in [7, 11) is 0. The van der Waals surface area contributed by atoms with Crippen LogP contribution < -0.4 is 0 Å². The van der Waals surface area contributed by atoms with Gasteiger partial charge in [-0.1, -0.05) is 0 Å². The second-order valence-electron chi connectivity index (χ2n) is 6.16. The summed E-state index contributed by atoms with van der Waals surface area (Å²) in [6.45, 7) is 8.46. The molecule has 1 heterocycles. The van der Waals surface area contributed by atoms with Crippen molar-refractivity contribution in [3.8, 4) is 6.07 Å². The Labute approximate surface area is 126 Å². The standard InChI is InChI=1S/C15H24N2O4/c1-5-20-13(18)12(10-16)11-6-8-17(9-7-11)14(19)21-15(2,3)4/h11-12H,5-9H2,1-4H3. The van der Waals surface area contributed by atoms with E-state index in [1.165, 1.54) is 0 Å². The van der Waals surface area contributed by atoms with Crippen LogP contribution in [0.1, 0.15) is 40.5 Å². The lowest BCUT2D eigenvalue weighted by molar-refractivity contribution is -0.148. The van der Waals surface area contributed by atoms with Crippen molar-refractivity contribution in [1.29, 1.82) is 5.26 Å². The summed E-state index contributed by atoms with van der Waals surface area (Å²) >= 11 is 0. The molecule has 0 aliphatic carbocycles. The van der Waals surface area contributed by atoms with Crippen molar-refractivity contribution in [3.05, 3.63) is 0 Å². The van der Waals surface area contributed by atoms with Crippen LogP contribution in [0.3, 0.4) is 0 Å². The Hall–Kier alpha value is -1.77. The van der Waals surface area contributed by atoms with E-state index in [4.69, 9.17) is 14.7 Å². The molecule has 0 saturated carbocycles. The second-order valence-corrected chi connectivity index (χ2v) is 6.16. The van der Waals surface area contributed by atoms with Crippen LogP contribution in [0, 0.1) is 23.2 Å². The van der Waals surface area contributed by atoms with Gasteiger partial charge in [-0.05, 0) is 46.5 Å². The van der Waals surface area contributed by atoms with E-state index >= 15 is 0 Å². The Bertz CT molecular complexity index is 414. The number of hydrogen-bond acceptors (Lipinski definition) is 5. The predicted molar refractivity (Wildman–Crippen MR) is 76.3 cm³/mol. The van der Waals surface area contributed by atoms with Crippen molar-refractivity contribution in [2.75, 3.05) is 19.7 Å². The molecule has 1 aliphatic rings. The molecule has 21 heavy (non-hydrogen) atoms. The number of carbonyl (C=O) groups is 2. The molecule has 0 bridgehead atoms. The van der Waals surface area contributed by atoms with E-state index in [0.717, 1.165) is 0 Å². The number of nitriles is 1. The van der Waals surface area contributed by atoms with Crippen molar-refractivity contribution in [2.45, 2.75) is 46.1 Å². The second kappa shape index (κ2) is 7.30. The summed E-state index contributed by atoms with van der Waals surface area (Å²) in [5, 5.41) is 9.15. The molecule has 0 aromatic rings. The van der Waals surface area contributed by atoms with E-state index < -0.39 is 17.5 Å².